The van der Waals surface area contributed by atoms with Crippen LogP contribution in [0.2, 0.25) is 0 Å². The first kappa shape index (κ1) is 29.2. The molecule has 3 aliphatic carbocycles. The van der Waals surface area contributed by atoms with Crippen LogP contribution in [0, 0.1) is 17.7 Å². The molecule has 5 N–H and O–H groups in total. The van der Waals surface area contributed by atoms with Gasteiger partial charge >= 0.3 is 0 Å². The highest BCUT2D eigenvalue weighted by atomic mass is 19.1. The average Bonchev–Trinajstić information content (AvgIpc) is 3.34. The maximum atomic E-state index is 16.2. The van der Waals surface area contributed by atoms with Gasteiger partial charge in [-0.05, 0) is 58.3 Å². The number of aliphatic hydroxyl groups is 3. The van der Waals surface area contributed by atoms with Crippen LogP contribution in [0.3, 0.4) is 0 Å². The van der Waals surface area contributed by atoms with Gasteiger partial charge in [0.2, 0.25) is 5.78 Å². The summed E-state index contributed by atoms with van der Waals surface area (Å²) in [5.74, 6) is -7.20. The van der Waals surface area contributed by atoms with Gasteiger partial charge < -0.3 is 30.5 Å². The predicted molar refractivity (Wildman–Crippen MR) is 144 cm³/mol. The molecule has 0 saturated carbocycles. The zero-order valence-corrected chi connectivity index (χ0v) is 23.6. The number of hydrogen-bond acceptors (Lipinski definition) is 10. The molecule has 0 spiro atoms. The Morgan fingerprint density at radius 1 is 1.27 bits per heavy atom. The third-order valence-electron chi connectivity index (χ3n) is 9.17. The number of rotatable bonds is 7. The summed E-state index contributed by atoms with van der Waals surface area (Å²) in [6.07, 6.45) is 1.83. The number of ether oxygens (including phenoxy) is 2. The number of nitrogens with two attached hydrogens (primary N) is 1. The maximum Gasteiger partial charge on any atom is 0.255 e. The molecule has 222 valence electrons. The second-order valence-electron chi connectivity index (χ2n) is 11.6. The normalized spacial score (nSPS) is 30.0. The van der Waals surface area contributed by atoms with Crippen LogP contribution in [0.5, 0.6) is 5.75 Å². The van der Waals surface area contributed by atoms with E-state index in [1.165, 1.54) is 18.1 Å². The number of ketones is 2. The molecule has 41 heavy (non-hydrogen) atoms. The van der Waals surface area contributed by atoms with Crippen LogP contribution in [-0.2, 0) is 27.3 Å². The van der Waals surface area contributed by atoms with E-state index in [1.54, 1.807) is 21.2 Å². The monoisotopic (exact) mass is 573 g/mol. The second kappa shape index (κ2) is 10.5. The Labute approximate surface area is 237 Å². The van der Waals surface area contributed by atoms with Crippen LogP contribution in [0.1, 0.15) is 40.7 Å². The lowest BCUT2D eigenvalue weighted by atomic mass is 9.58. The van der Waals surface area contributed by atoms with Gasteiger partial charge in [-0.2, -0.15) is 0 Å². The van der Waals surface area contributed by atoms with Crippen LogP contribution in [0.25, 0.3) is 0 Å². The SMILES string of the molecule is COC[C@H]1CCCN1Cc1cc(OC)c2c(c1F)C[C@H]1C[C@H]3[C@H](N(C)C)C(O)=C(C(N)=O)C(=O)[C@@]3(O)C(O)=C1C2=O. The number of carbonyl (C=O) groups is 3. The Balaban J connectivity index is 1.62. The molecular formula is C29H36FN3O8. The molecule has 12 heteroatoms. The zero-order valence-electron chi connectivity index (χ0n) is 23.6. The van der Waals surface area contributed by atoms with Crippen LogP contribution in [-0.4, -0.2) is 102 Å². The molecule has 5 atom stereocenters. The molecule has 4 aliphatic rings. The molecular weight excluding hydrogens is 537 g/mol. The van der Waals surface area contributed by atoms with Crippen LogP contribution in [0.4, 0.5) is 4.39 Å². The number of likely N-dealkylation sites (tertiary alicyclic amines) is 1. The van der Waals surface area contributed by atoms with Crippen molar-refractivity contribution in [2.45, 2.75) is 49.9 Å². The summed E-state index contributed by atoms with van der Waals surface area (Å²) in [5, 5.41) is 34.0. The summed E-state index contributed by atoms with van der Waals surface area (Å²) in [6.45, 7) is 1.59. The van der Waals surface area contributed by atoms with Gasteiger partial charge in [0, 0.05) is 42.3 Å². The van der Waals surface area contributed by atoms with Crippen molar-refractivity contribution in [3.63, 3.8) is 0 Å². The summed E-state index contributed by atoms with van der Waals surface area (Å²) >= 11 is 0. The van der Waals surface area contributed by atoms with Gasteiger partial charge in [-0.3, -0.25) is 24.2 Å². The first-order chi connectivity index (χ1) is 19.4. The molecule has 1 aliphatic heterocycles. The van der Waals surface area contributed by atoms with Gasteiger partial charge in [-0.15, -0.1) is 0 Å². The number of allylic oxidation sites excluding steroid dienone is 1. The summed E-state index contributed by atoms with van der Waals surface area (Å²) in [7, 11) is 6.12. The van der Waals surface area contributed by atoms with E-state index in [1.807, 2.05) is 0 Å². The number of primary amides is 1. The lowest BCUT2D eigenvalue weighted by molar-refractivity contribution is -0.148. The number of likely N-dealkylation sites (N-methyl/N-ethyl adjacent to an activating group) is 1. The maximum absolute atomic E-state index is 16.2. The third kappa shape index (κ3) is 4.27. The molecule has 1 heterocycles. The topological polar surface area (TPSA) is 163 Å². The van der Waals surface area contributed by atoms with Gasteiger partial charge in [-0.1, -0.05) is 0 Å². The van der Waals surface area contributed by atoms with Crippen molar-refractivity contribution in [3.05, 3.63) is 51.2 Å². The summed E-state index contributed by atoms with van der Waals surface area (Å²) in [5.41, 5.74) is 2.03. The van der Waals surface area contributed by atoms with Crippen molar-refractivity contribution in [3.8, 4) is 5.75 Å². The quantitative estimate of drug-likeness (QED) is 0.348. The lowest BCUT2D eigenvalue weighted by Gasteiger charge is -2.50. The fourth-order valence-corrected chi connectivity index (χ4v) is 7.32. The highest BCUT2D eigenvalue weighted by Gasteiger charge is 2.63. The van der Waals surface area contributed by atoms with Crippen LogP contribution < -0.4 is 10.5 Å². The first-order valence-corrected chi connectivity index (χ1v) is 13.6. The number of Topliss-reactive ketones (excluding diaryl/α,β-unsaturated/α-hetero) is 2. The molecule has 0 bridgehead atoms. The number of methoxy groups -OCH3 is 2. The molecule has 5 rings (SSSR count). The highest BCUT2D eigenvalue weighted by Crippen LogP contribution is 2.52. The van der Waals surface area contributed by atoms with Crippen molar-refractivity contribution in [2.75, 3.05) is 41.5 Å². The molecule has 1 aromatic rings. The number of benzene rings is 1. The van der Waals surface area contributed by atoms with E-state index in [2.05, 4.69) is 4.90 Å². The van der Waals surface area contributed by atoms with Crippen molar-refractivity contribution in [1.29, 1.82) is 0 Å². The Hall–Kier alpha value is -3.32. The van der Waals surface area contributed by atoms with E-state index in [9.17, 15) is 29.7 Å². The predicted octanol–water partition coefficient (Wildman–Crippen LogP) is 1.17. The van der Waals surface area contributed by atoms with Gasteiger partial charge in [0.05, 0.1) is 25.3 Å². The Morgan fingerprint density at radius 2 is 1.98 bits per heavy atom. The number of fused-ring (bicyclic) bond motifs is 3. The van der Waals surface area contributed by atoms with E-state index < -0.39 is 63.9 Å². The van der Waals surface area contributed by atoms with Crippen molar-refractivity contribution < 1.29 is 43.6 Å². The Morgan fingerprint density at radius 3 is 2.59 bits per heavy atom. The van der Waals surface area contributed by atoms with Crippen molar-refractivity contribution in [2.24, 2.45) is 17.6 Å². The number of carbonyl (C=O) groups excluding carboxylic acids is 3. The molecule has 11 nitrogen and oxygen atoms in total. The first-order valence-electron chi connectivity index (χ1n) is 13.6. The summed E-state index contributed by atoms with van der Waals surface area (Å²) < 4.78 is 27.0. The van der Waals surface area contributed by atoms with Gasteiger partial charge in [-0.25, -0.2) is 4.39 Å². The molecule has 0 radical (unpaired) electrons. The number of aliphatic hydroxyl groups excluding tert-OH is 2. The number of nitrogens with zero attached hydrogens (tertiary/aromatic N) is 2. The average molecular weight is 574 g/mol. The van der Waals surface area contributed by atoms with Gasteiger partial charge in [0.1, 0.15) is 28.7 Å². The second-order valence-corrected chi connectivity index (χ2v) is 11.6. The van der Waals surface area contributed by atoms with E-state index >= 15 is 4.39 Å². The number of hydrogen-bond donors (Lipinski definition) is 4. The summed E-state index contributed by atoms with van der Waals surface area (Å²) in [6, 6.07) is 0.536. The van der Waals surface area contributed by atoms with Gasteiger partial charge in [0.15, 0.2) is 11.4 Å². The minimum absolute atomic E-state index is 0.00787. The third-order valence-corrected chi connectivity index (χ3v) is 9.17. The minimum atomic E-state index is -2.69. The van der Waals surface area contributed by atoms with E-state index in [-0.39, 0.29) is 41.3 Å². The van der Waals surface area contributed by atoms with E-state index in [4.69, 9.17) is 15.2 Å². The number of amides is 1. The van der Waals surface area contributed by atoms with Gasteiger partial charge in [0.25, 0.3) is 5.91 Å². The van der Waals surface area contributed by atoms with Crippen LogP contribution in [0.15, 0.2) is 28.7 Å². The molecule has 1 amide bonds. The van der Waals surface area contributed by atoms with Crippen molar-refractivity contribution in [1.82, 2.24) is 9.80 Å². The van der Waals surface area contributed by atoms with E-state index in [0.717, 1.165) is 19.4 Å². The molecule has 1 aromatic carbocycles. The summed E-state index contributed by atoms with van der Waals surface area (Å²) in [4.78, 5) is 43.1. The molecule has 1 saturated heterocycles. The number of halogens is 1. The van der Waals surface area contributed by atoms with Crippen molar-refractivity contribution >= 4 is 17.5 Å². The lowest BCUT2D eigenvalue weighted by Crippen LogP contribution is -2.63. The molecule has 1 fully saturated rings. The smallest absolute Gasteiger partial charge is 0.255 e. The largest absolute Gasteiger partial charge is 0.510 e. The zero-order chi connectivity index (χ0) is 30.0. The molecule has 0 aromatic heterocycles. The minimum Gasteiger partial charge on any atom is -0.510 e. The van der Waals surface area contributed by atoms with E-state index in [0.29, 0.717) is 18.7 Å². The standard InChI is InChI=1S/C29H36FN3O8/c1-32(2)23-17-9-13-8-16-20(18(41-4)10-14(22(16)30)11-33-7-5-6-15(33)12-40-3)24(34)19(13)26(36)29(17,39)27(37)21(25(23)35)28(31)38/h10,13,15,17,23,35-36,39H,5-9,11-12H2,1-4H3,(H2,31,38)/t13-,15+,17-,23-,29-/m0/s1. The Bertz CT molecular complexity index is 1390. The molecule has 0 unspecified atom stereocenters. The van der Waals surface area contributed by atoms with Crippen LogP contribution >= 0.6 is 0 Å². The Kier molecular flexibility index (Phi) is 7.48. The highest BCUT2D eigenvalue weighted by molar-refractivity contribution is 6.24. The fourth-order valence-electron chi connectivity index (χ4n) is 7.32. The fraction of sp³-hybridized carbons (Fsp3) is 0.552.